The third-order valence-corrected chi connectivity index (χ3v) is 4.53. The molecular weight excluding hydrogens is 359 g/mol. The number of nitrogens with zero attached hydrogens (tertiary/aromatic N) is 2. The smallest absolute Gasteiger partial charge is 0.227 e. The second-order valence-corrected chi connectivity index (χ2v) is 6.48. The zero-order valence-corrected chi connectivity index (χ0v) is 15.1. The van der Waals surface area contributed by atoms with Gasteiger partial charge in [0.2, 0.25) is 17.6 Å². The minimum atomic E-state index is -0.322. The monoisotopic (exact) mass is 378 g/mol. The summed E-state index contributed by atoms with van der Waals surface area (Å²) in [5.41, 5.74) is 2.94. The molecule has 2 aromatic carbocycles. The molecule has 7 heteroatoms. The molecular formula is C21H19FN4O2. The van der Waals surface area contributed by atoms with Crippen molar-refractivity contribution in [2.75, 3.05) is 6.54 Å². The lowest BCUT2D eigenvalue weighted by Crippen LogP contribution is -2.25. The summed E-state index contributed by atoms with van der Waals surface area (Å²) in [7, 11) is 0. The Morgan fingerprint density at radius 1 is 1.11 bits per heavy atom. The van der Waals surface area contributed by atoms with Crippen LogP contribution >= 0.6 is 0 Å². The van der Waals surface area contributed by atoms with Crippen LogP contribution in [0.2, 0.25) is 0 Å². The van der Waals surface area contributed by atoms with Crippen molar-refractivity contribution in [2.45, 2.75) is 19.3 Å². The highest BCUT2D eigenvalue weighted by Gasteiger charge is 2.11. The van der Waals surface area contributed by atoms with E-state index in [1.165, 1.54) is 23.1 Å². The van der Waals surface area contributed by atoms with Crippen LogP contribution in [0.3, 0.4) is 0 Å². The summed E-state index contributed by atoms with van der Waals surface area (Å²) < 4.78 is 18.1. The summed E-state index contributed by atoms with van der Waals surface area (Å²) in [6.07, 6.45) is 3.35. The van der Waals surface area contributed by atoms with Crippen molar-refractivity contribution in [1.29, 1.82) is 0 Å². The van der Waals surface area contributed by atoms with Crippen molar-refractivity contribution < 1.29 is 13.7 Å². The van der Waals surface area contributed by atoms with Crippen LogP contribution in [-0.4, -0.2) is 27.6 Å². The van der Waals surface area contributed by atoms with Gasteiger partial charge in [0.15, 0.2) is 0 Å². The Bertz CT molecular complexity index is 1090. The van der Waals surface area contributed by atoms with Crippen LogP contribution in [0.1, 0.15) is 17.9 Å². The molecule has 0 saturated heterocycles. The van der Waals surface area contributed by atoms with Crippen molar-refractivity contribution in [2.24, 2.45) is 0 Å². The van der Waals surface area contributed by atoms with Gasteiger partial charge in [0.05, 0.1) is 0 Å². The quantitative estimate of drug-likeness (QED) is 0.514. The molecule has 6 nitrogen and oxygen atoms in total. The average Bonchev–Trinajstić information content (AvgIpc) is 3.35. The van der Waals surface area contributed by atoms with Gasteiger partial charge in [-0.3, -0.25) is 4.79 Å². The number of amides is 1. The van der Waals surface area contributed by atoms with Crippen molar-refractivity contribution in [3.63, 3.8) is 0 Å². The fourth-order valence-electron chi connectivity index (χ4n) is 3.06. The van der Waals surface area contributed by atoms with Gasteiger partial charge in [0.1, 0.15) is 5.82 Å². The first-order valence-corrected chi connectivity index (χ1v) is 9.09. The van der Waals surface area contributed by atoms with Gasteiger partial charge in [0.25, 0.3) is 0 Å². The number of para-hydroxylation sites is 1. The fraction of sp³-hybridized carbons (Fsp3) is 0.190. The fourth-order valence-corrected chi connectivity index (χ4v) is 3.06. The second kappa shape index (κ2) is 8.04. The SMILES string of the molecule is O=C(CCc1nc(-c2ccc(F)cc2)no1)NCCc1c[nH]c2ccccc12. The molecule has 2 heterocycles. The third kappa shape index (κ3) is 4.09. The van der Waals surface area contributed by atoms with Gasteiger partial charge in [0, 0.05) is 42.0 Å². The highest BCUT2D eigenvalue weighted by molar-refractivity contribution is 5.83. The molecule has 0 saturated carbocycles. The molecule has 28 heavy (non-hydrogen) atoms. The molecule has 0 radical (unpaired) electrons. The number of aromatic nitrogens is 3. The van der Waals surface area contributed by atoms with Gasteiger partial charge in [-0.25, -0.2) is 4.39 Å². The van der Waals surface area contributed by atoms with Crippen molar-refractivity contribution >= 4 is 16.8 Å². The molecule has 0 fully saturated rings. The number of carbonyl (C=O) groups is 1. The number of halogens is 1. The van der Waals surface area contributed by atoms with E-state index in [-0.39, 0.29) is 18.1 Å². The summed E-state index contributed by atoms with van der Waals surface area (Å²) in [6, 6.07) is 13.9. The predicted octanol–water partition coefficient (Wildman–Crippen LogP) is 3.65. The maximum Gasteiger partial charge on any atom is 0.227 e. The minimum Gasteiger partial charge on any atom is -0.361 e. The van der Waals surface area contributed by atoms with E-state index in [0.717, 1.165) is 11.9 Å². The maximum absolute atomic E-state index is 13.0. The molecule has 0 aliphatic rings. The van der Waals surface area contributed by atoms with Gasteiger partial charge >= 0.3 is 0 Å². The van der Waals surface area contributed by atoms with E-state index >= 15 is 0 Å². The molecule has 4 aromatic rings. The highest BCUT2D eigenvalue weighted by Crippen LogP contribution is 2.18. The Kier molecular flexibility index (Phi) is 5.14. The zero-order valence-electron chi connectivity index (χ0n) is 15.1. The predicted molar refractivity (Wildman–Crippen MR) is 103 cm³/mol. The maximum atomic E-state index is 13.0. The number of rotatable bonds is 7. The van der Waals surface area contributed by atoms with Gasteiger partial charge in [-0.1, -0.05) is 23.4 Å². The van der Waals surface area contributed by atoms with E-state index in [4.69, 9.17) is 4.52 Å². The summed E-state index contributed by atoms with van der Waals surface area (Å²) in [6.45, 7) is 0.561. The third-order valence-electron chi connectivity index (χ3n) is 4.53. The van der Waals surface area contributed by atoms with Gasteiger partial charge < -0.3 is 14.8 Å². The van der Waals surface area contributed by atoms with Crippen molar-refractivity contribution in [3.05, 3.63) is 72.0 Å². The first kappa shape index (κ1) is 17.9. The van der Waals surface area contributed by atoms with E-state index in [1.54, 1.807) is 12.1 Å². The Morgan fingerprint density at radius 3 is 2.79 bits per heavy atom. The topological polar surface area (TPSA) is 83.8 Å². The molecule has 0 bridgehead atoms. The Labute approximate surface area is 160 Å². The van der Waals surface area contributed by atoms with Crippen LogP contribution in [0.25, 0.3) is 22.3 Å². The summed E-state index contributed by atoms with van der Waals surface area (Å²) in [5, 5.41) is 7.97. The van der Waals surface area contributed by atoms with Crippen LogP contribution in [0, 0.1) is 5.82 Å². The van der Waals surface area contributed by atoms with Gasteiger partial charge in [-0.2, -0.15) is 4.98 Å². The van der Waals surface area contributed by atoms with Crippen molar-refractivity contribution in [1.82, 2.24) is 20.4 Å². The number of carbonyl (C=O) groups excluding carboxylic acids is 1. The molecule has 0 spiro atoms. The molecule has 2 aromatic heterocycles. The van der Waals surface area contributed by atoms with E-state index in [9.17, 15) is 9.18 Å². The first-order chi connectivity index (χ1) is 13.7. The summed E-state index contributed by atoms with van der Waals surface area (Å²) in [4.78, 5) is 19.6. The van der Waals surface area contributed by atoms with Crippen molar-refractivity contribution in [3.8, 4) is 11.4 Å². The van der Waals surface area contributed by atoms with Crippen LogP contribution < -0.4 is 5.32 Å². The largest absolute Gasteiger partial charge is 0.361 e. The van der Waals surface area contributed by atoms with Crippen LogP contribution in [-0.2, 0) is 17.6 Å². The lowest BCUT2D eigenvalue weighted by atomic mass is 10.1. The van der Waals surface area contributed by atoms with Crippen LogP contribution in [0.5, 0.6) is 0 Å². The molecule has 1 amide bonds. The molecule has 0 aliphatic heterocycles. The van der Waals surface area contributed by atoms with E-state index in [0.29, 0.717) is 30.2 Å². The Morgan fingerprint density at radius 2 is 1.93 bits per heavy atom. The zero-order chi connectivity index (χ0) is 19.3. The number of aryl methyl sites for hydroxylation is 1. The van der Waals surface area contributed by atoms with E-state index in [2.05, 4.69) is 26.5 Å². The summed E-state index contributed by atoms with van der Waals surface area (Å²) in [5.74, 6) is 0.374. The number of hydrogen-bond acceptors (Lipinski definition) is 4. The number of benzene rings is 2. The molecule has 2 N–H and O–H groups in total. The standard InChI is InChI=1S/C21H19FN4O2/c22-16-7-5-14(6-8-16)21-25-20(28-26-21)10-9-19(27)23-12-11-15-13-24-18-4-2-1-3-17(15)18/h1-8,13,24H,9-12H2,(H,23,27). The summed E-state index contributed by atoms with van der Waals surface area (Å²) >= 11 is 0. The number of aromatic amines is 1. The Hall–Kier alpha value is -3.48. The molecule has 0 unspecified atom stereocenters. The number of hydrogen-bond donors (Lipinski definition) is 2. The second-order valence-electron chi connectivity index (χ2n) is 6.48. The Balaban J connectivity index is 1.25. The average molecular weight is 378 g/mol. The normalized spacial score (nSPS) is 11.0. The lowest BCUT2D eigenvalue weighted by molar-refractivity contribution is -0.121. The lowest BCUT2D eigenvalue weighted by Gasteiger charge is -2.03. The minimum absolute atomic E-state index is 0.0682. The van der Waals surface area contributed by atoms with E-state index < -0.39 is 0 Å². The van der Waals surface area contributed by atoms with Gasteiger partial charge in [-0.05, 0) is 42.3 Å². The number of nitrogens with one attached hydrogen (secondary N) is 2. The van der Waals surface area contributed by atoms with Gasteiger partial charge in [-0.15, -0.1) is 0 Å². The molecule has 0 aliphatic carbocycles. The molecule has 0 atom stereocenters. The molecule has 4 rings (SSSR count). The van der Waals surface area contributed by atoms with Crippen LogP contribution in [0.15, 0.2) is 59.3 Å². The molecule has 142 valence electrons. The number of H-pyrrole nitrogens is 1. The van der Waals surface area contributed by atoms with Crippen LogP contribution in [0.4, 0.5) is 4.39 Å². The number of fused-ring (bicyclic) bond motifs is 1. The highest BCUT2D eigenvalue weighted by atomic mass is 19.1. The first-order valence-electron chi connectivity index (χ1n) is 9.09. The van der Waals surface area contributed by atoms with E-state index in [1.807, 2.05) is 24.4 Å².